The van der Waals surface area contributed by atoms with Crippen LogP contribution in [0.4, 0.5) is 5.69 Å². The summed E-state index contributed by atoms with van der Waals surface area (Å²) in [6.07, 6.45) is 0.536. The van der Waals surface area contributed by atoms with Gasteiger partial charge in [0.05, 0.1) is 11.3 Å². The van der Waals surface area contributed by atoms with Gasteiger partial charge in [0, 0.05) is 24.1 Å². The van der Waals surface area contributed by atoms with E-state index in [1.165, 1.54) is 12.1 Å². The first-order valence-electron chi connectivity index (χ1n) is 6.55. The molecule has 0 aliphatic heterocycles. The number of nitrogens with zero attached hydrogens (tertiary/aromatic N) is 3. The van der Waals surface area contributed by atoms with E-state index in [1.54, 1.807) is 12.1 Å². The molecule has 1 aromatic carbocycles. The van der Waals surface area contributed by atoms with Crippen molar-refractivity contribution < 1.29 is 14.2 Å². The number of rotatable bonds is 6. The number of carbonyl (C=O) groups is 1. The summed E-state index contributed by atoms with van der Waals surface area (Å²) in [5.74, 6) is 0.768. The molecule has 2 aromatic rings. The summed E-state index contributed by atoms with van der Waals surface area (Å²) in [6, 6.07) is 5.95. The number of nitro benzene ring substituents is 1. The molecule has 0 unspecified atom stereocenters. The second kappa shape index (κ2) is 6.25. The van der Waals surface area contributed by atoms with Gasteiger partial charge in [0.15, 0.2) is 0 Å². The molecule has 0 amide bonds. The van der Waals surface area contributed by atoms with Gasteiger partial charge in [-0.1, -0.05) is 31.1 Å². The first-order chi connectivity index (χ1) is 9.95. The highest BCUT2D eigenvalue weighted by Crippen LogP contribution is 2.21. The minimum Gasteiger partial charge on any atom is -0.339 e. The number of ketones is 1. The van der Waals surface area contributed by atoms with Gasteiger partial charge in [-0.05, 0) is 5.92 Å². The van der Waals surface area contributed by atoms with Crippen LogP contribution < -0.4 is 0 Å². The number of hydrogen-bond acceptors (Lipinski definition) is 6. The van der Waals surface area contributed by atoms with E-state index < -0.39 is 4.92 Å². The topological polar surface area (TPSA) is 99.1 Å². The Morgan fingerprint density at radius 3 is 2.86 bits per heavy atom. The SMILES string of the molecule is CC(C)CC(=O)Cc1nc(-c2cccc([N+](=O)[O-])c2)no1. The molecule has 1 heterocycles. The Bertz CT molecular complexity index is 664. The Labute approximate surface area is 121 Å². The molecule has 0 spiro atoms. The van der Waals surface area contributed by atoms with Gasteiger partial charge in [0.2, 0.25) is 11.7 Å². The highest BCUT2D eigenvalue weighted by Gasteiger charge is 2.15. The van der Waals surface area contributed by atoms with E-state index in [1.807, 2.05) is 13.8 Å². The zero-order valence-electron chi connectivity index (χ0n) is 11.8. The first-order valence-corrected chi connectivity index (χ1v) is 6.55. The standard InChI is InChI=1S/C14H15N3O4/c1-9(2)6-12(18)8-13-15-14(16-21-13)10-4-3-5-11(7-10)17(19)20/h3-5,7,9H,6,8H2,1-2H3. The summed E-state index contributed by atoms with van der Waals surface area (Å²) in [5.41, 5.74) is 0.435. The van der Waals surface area contributed by atoms with Crippen LogP contribution in [0.3, 0.4) is 0 Å². The van der Waals surface area contributed by atoms with Crippen LogP contribution in [0.5, 0.6) is 0 Å². The average molecular weight is 289 g/mol. The van der Waals surface area contributed by atoms with Gasteiger partial charge in [-0.3, -0.25) is 14.9 Å². The number of nitro groups is 1. The summed E-state index contributed by atoms with van der Waals surface area (Å²) in [6.45, 7) is 3.92. The van der Waals surface area contributed by atoms with Crippen molar-refractivity contribution in [2.75, 3.05) is 0 Å². The number of benzene rings is 1. The maximum Gasteiger partial charge on any atom is 0.270 e. The third-order valence-electron chi connectivity index (χ3n) is 2.77. The molecule has 110 valence electrons. The van der Waals surface area contributed by atoms with E-state index in [0.717, 1.165) is 0 Å². The molecule has 0 fully saturated rings. The zero-order valence-corrected chi connectivity index (χ0v) is 11.8. The van der Waals surface area contributed by atoms with Crippen LogP contribution in [-0.4, -0.2) is 20.8 Å². The monoisotopic (exact) mass is 289 g/mol. The third-order valence-corrected chi connectivity index (χ3v) is 2.77. The molecule has 2 rings (SSSR count). The van der Waals surface area contributed by atoms with E-state index in [4.69, 9.17) is 4.52 Å². The maximum absolute atomic E-state index is 11.7. The van der Waals surface area contributed by atoms with Gasteiger partial charge >= 0.3 is 0 Å². The second-order valence-corrected chi connectivity index (χ2v) is 5.13. The fourth-order valence-corrected chi connectivity index (χ4v) is 1.90. The van der Waals surface area contributed by atoms with Crippen LogP contribution >= 0.6 is 0 Å². The van der Waals surface area contributed by atoms with Crippen molar-refractivity contribution in [3.8, 4) is 11.4 Å². The number of aromatic nitrogens is 2. The van der Waals surface area contributed by atoms with Crippen molar-refractivity contribution in [1.82, 2.24) is 10.1 Å². The molecule has 0 N–H and O–H groups in total. The normalized spacial score (nSPS) is 10.8. The lowest BCUT2D eigenvalue weighted by Crippen LogP contribution is -2.06. The molecule has 1 aromatic heterocycles. The molecular formula is C14H15N3O4. The van der Waals surface area contributed by atoms with Crippen LogP contribution in [0.15, 0.2) is 28.8 Å². The second-order valence-electron chi connectivity index (χ2n) is 5.13. The van der Waals surface area contributed by atoms with Crippen LogP contribution in [-0.2, 0) is 11.2 Å². The third kappa shape index (κ3) is 3.95. The van der Waals surface area contributed by atoms with Crippen LogP contribution in [0.1, 0.15) is 26.2 Å². The predicted octanol–water partition coefficient (Wildman–Crippen LogP) is 2.80. The maximum atomic E-state index is 11.7. The Balaban J connectivity index is 2.14. The Morgan fingerprint density at radius 1 is 1.43 bits per heavy atom. The van der Waals surface area contributed by atoms with E-state index >= 15 is 0 Å². The Kier molecular flexibility index (Phi) is 4.42. The molecule has 0 atom stereocenters. The van der Waals surface area contributed by atoms with E-state index in [-0.39, 0.29) is 35.5 Å². The molecule has 7 heteroatoms. The first kappa shape index (κ1) is 14.8. The molecule has 0 radical (unpaired) electrons. The summed E-state index contributed by atoms with van der Waals surface area (Å²) >= 11 is 0. The largest absolute Gasteiger partial charge is 0.339 e. The van der Waals surface area contributed by atoms with Gasteiger partial charge in [0.25, 0.3) is 5.69 Å². The van der Waals surface area contributed by atoms with Crippen molar-refractivity contribution in [3.63, 3.8) is 0 Å². The van der Waals surface area contributed by atoms with Crippen LogP contribution in [0, 0.1) is 16.0 Å². The molecule has 0 saturated carbocycles. The lowest BCUT2D eigenvalue weighted by molar-refractivity contribution is -0.384. The van der Waals surface area contributed by atoms with E-state index in [2.05, 4.69) is 10.1 Å². The number of hydrogen-bond donors (Lipinski definition) is 0. The molecule has 0 aliphatic rings. The molecule has 21 heavy (non-hydrogen) atoms. The van der Waals surface area contributed by atoms with Crippen molar-refractivity contribution in [2.45, 2.75) is 26.7 Å². The summed E-state index contributed by atoms with van der Waals surface area (Å²) in [7, 11) is 0. The number of Topliss-reactive ketones (excluding diaryl/α,β-unsaturated/α-hetero) is 1. The fraction of sp³-hybridized carbons (Fsp3) is 0.357. The number of carbonyl (C=O) groups excluding carboxylic acids is 1. The van der Waals surface area contributed by atoms with Gasteiger partial charge < -0.3 is 4.52 Å². The van der Waals surface area contributed by atoms with Gasteiger partial charge in [-0.25, -0.2) is 0 Å². The van der Waals surface area contributed by atoms with Crippen molar-refractivity contribution in [2.24, 2.45) is 5.92 Å². The summed E-state index contributed by atoms with van der Waals surface area (Å²) in [5, 5.41) is 14.5. The molecule has 0 aliphatic carbocycles. The molecule has 0 saturated heterocycles. The highest BCUT2D eigenvalue weighted by molar-refractivity contribution is 5.80. The molecular weight excluding hydrogens is 274 g/mol. The quantitative estimate of drug-likeness (QED) is 0.599. The number of non-ortho nitro benzene ring substituents is 1. The lowest BCUT2D eigenvalue weighted by Gasteiger charge is -2.00. The molecule has 7 nitrogen and oxygen atoms in total. The minimum absolute atomic E-state index is 0.0271. The minimum atomic E-state index is -0.489. The van der Waals surface area contributed by atoms with E-state index in [9.17, 15) is 14.9 Å². The van der Waals surface area contributed by atoms with Crippen LogP contribution in [0.25, 0.3) is 11.4 Å². The van der Waals surface area contributed by atoms with Crippen molar-refractivity contribution >= 4 is 11.5 Å². The molecule has 0 bridgehead atoms. The Morgan fingerprint density at radius 2 is 2.19 bits per heavy atom. The average Bonchev–Trinajstić information content (AvgIpc) is 2.86. The predicted molar refractivity (Wildman–Crippen MR) is 74.6 cm³/mol. The van der Waals surface area contributed by atoms with Crippen LogP contribution in [0.2, 0.25) is 0 Å². The highest BCUT2D eigenvalue weighted by atomic mass is 16.6. The van der Waals surface area contributed by atoms with E-state index in [0.29, 0.717) is 12.0 Å². The van der Waals surface area contributed by atoms with Crippen molar-refractivity contribution in [3.05, 3.63) is 40.3 Å². The van der Waals surface area contributed by atoms with Gasteiger partial charge in [-0.2, -0.15) is 4.98 Å². The zero-order chi connectivity index (χ0) is 15.4. The van der Waals surface area contributed by atoms with Gasteiger partial charge in [-0.15, -0.1) is 0 Å². The summed E-state index contributed by atoms with van der Waals surface area (Å²) < 4.78 is 5.02. The summed E-state index contributed by atoms with van der Waals surface area (Å²) in [4.78, 5) is 26.0. The Hall–Kier alpha value is -2.57. The van der Waals surface area contributed by atoms with Gasteiger partial charge in [0.1, 0.15) is 5.78 Å². The lowest BCUT2D eigenvalue weighted by atomic mass is 10.1. The van der Waals surface area contributed by atoms with Crippen molar-refractivity contribution in [1.29, 1.82) is 0 Å². The fourth-order valence-electron chi connectivity index (χ4n) is 1.90. The smallest absolute Gasteiger partial charge is 0.270 e.